The maximum atomic E-state index is 13.4. The number of nitrogens with zero attached hydrogens (tertiary/aromatic N) is 2. The van der Waals surface area contributed by atoms with Crippen LogP contribution in [0, 0.1) is 0 Å². The number of hydrogen-bond acceptors (Lipinski definition) is 4. The van der Waals surface area contributed by atoms with Crippen LogP contribution >= 0.6 is 0 Å². The van der Waals surface area contributed by atoms with Crippen LogP contribution in [0.25, 0.3) is 0 Å². The minimum absolute atomic E-state index is 0.00564. The average Bonchev–Trinajstić information content (AvgIpc) is 2.89. The largest absolute Gasteiger partial charge is 0.334 e. The molecule has 0 unspecified atom stereocenters. The molecule has 7 heteroatoms. The van der Waals surface area contributed by atoms with Crippen LogP contribution in [-0.4, -0.2) is 38.2 Å². The fourth-order valence-electron chi connectivity index (χ4n) is 4.51. The van der Waals surface area contributed by atoms with Gasteiger partial charge in [-0.3, -0.25) is 9.59 Å². The molecule has 162 valence electrons. The van der Waals surface area contributed by atoms with Crippen LogP contribution in [0.4, 0.5) is 5.69 Å². The minimum atomic E-state index is -3.91. The molecule has 3 aromatic rings. The number of benzene rings is 3. The first-order valence-corrected chi connectivity index (χ1v) is 12.1. The van der Waals surface area contributed by atoms with Gasteiger partial charge in [0.25, 0.3) is 11.8 Å². The Labute approximate surface area is 187 Å². The van der Waals surface area contributed by atoms with Crippen molar-refractivity contribution in [2.75, 3.05) is 18.0 Å². The molecule has 0 saturated heterocycles. The minimum Gasteiger partial charge on any atom is -0.334 e. The summed E-state index contributed by atoms with van der Waals surface area (Å²) in [5, 5.41) is 0. The lowest BCUT2D eigenvalue weighted by Crippen LogP contribution is -2.36. The van der Waals surface area contributed by atoms with Crippen molar-refractivity contribution in [3.8, 4) is 0 Å². The number of carbonyl (C=O) groups excluding carboxylic acids is 2. The molecule has 0 N–H and O–H groups in total. The highest BCUT2D eigenvalue weighted by Gasteiger charge is 2.35. The first-order chi connectivity index (χ1) is 15.4. The van der Waals surface area contributed by atoms with Gasteiger partial charge in [-0.05, 0) is 54.8 Å². The molecule has 0 spiro atoms. The summed E-state index contributed by atoms with van der Waals surface area (Å²) in [6.07, 6.45) is 0.774. The fraction of sp³-hybridized carbons (Fsp3) is 0.200. The predicted octanol–water partition coefficient (Wildman–Crippen LogP) is 3.70. The van der Waals surface area contributed by atoms with Crippen LogP contribution in [0.1, 0.15) is 38.8 Å². The summed E-state index contributed by atoms with van der Waals surface area (Å²) in [6, 6.07) is 18.8. The molecule has 32 heavy (non-hydrogen) atoms. The van der Waals surface area contributed by atoms with Crippen LogP contribution in [0.15, 0.2) is 76.5 Å². The molecule has 5 rings (SSSR count). The van der Waals surface area contributed by atoms with Crippen molar-refractivity contribution in [3.05, 3.63) is 89.0 Å². The standard InChI is InChI=1S/C25H22N2O4S/c1-2-27-21-15-18(24(28)26-14-13-17-7-3-4-8-19(17)16-26)11-12-23(21)32(30,31)22-10-6-5-9-20(22)25(27)29/h3-12,15H,2,13-14,16H2,1H3. The second kappa shape index (κ2) is 7.60. The fourth-order valence-corrected chi connectivity index (χ4v) is 6.14. The predicted molar refractivity (Wildman–Crippen MR) is 121 cm³/mol. The Kier molecular flexibility index (Phi) is 4.86. The second-order valence-electron chi connectivity index (χ2n) is 7.98. The maximum Gasteiger partial charge on any atom is 0.259 e. The van der Waals surface area contributed by atoms with Crippen molar-refractivity contribution in [1.82, 2.24) is 4.90 Å². The van der Waals surface area contributed by atoms with Crippen LogP contribution in [-0.2, 0) is 22.8 Å². The lowest BCUT2D eigenvalue weighted by atomic mass is 9.99. The molecule has 6 nitrogen and oxygen atoms in total. The molecule has 0 atom stereocenters. The molecule has 0 radical (unpaired) electrons. The highest BCUT2D eigenvalue weighted by molar-refractivity contribution is 7.91. The zero-order valence-electron chi connectivity index (χ0n) is 17.6. The normalized spacial score (nSPS) is 16.6. The molecule has 2 aliphatic heterocycles. The van der Waals surface area contributed by atoms with E-state index in [9.17, 15) is 18.0 Å². The molecule has 3 aromatic carbocycles. The number of sulfone groups is 1. The van der Waals surface area contributed by atoms with E-state index in [4.69, 9.17) is 0 Å². The Bertz CT molecular complexity index is 1360. The summed E-state index contributed by atoms with van der Waals surface area (Å²) in [6.45, 7) is 3.17. The Hall–Kier alpha value is -3.45. The van der Waals surface area contributed by atoms with Gasteiger partial charge in [0.15, 0.2) is 0 Å². The molecular weight excluding hydrogens is 424 g/mol. The third-order valence-electron chi connectivity index (χ3n) is 6.17. The van der Waals surface area contributed by atoms with Gasteiger partial charge in [-0.25, -0.2) is 8.42 Å². The topological polar surface area (TPSA) is 74.8 Å². The van der Waals surface area contributed by atoms with E-state index in [0.717, 1.165) is 12.0 Å². The maximum absolute atomic E-state index is 13.4. The van der Waals surface area contributed by atoms with Gasteiger partial charge in [0.2, 0.25) is 9.84 Å². The number of amides is 2. The average molecular weight is 447 g/mol. The third kappa shape index (κ3) is 3.12. The van der Waals surface area contributed by atoms with Crippen molar-refractivity contribution in [2.24, 2.45) is 0 Å². The van der Waals surface area contributed by atoms with Crippen LogP contribution < -0.4 is 4.90 Å². The van der Waals surface area contributed by atoms with E-state index >= 15 is 0 Å². The van der Waals surface area contributed by atoms with E-state index in [-0.39, 0.29) is 39.4 Å². The third-order valence-corrected chi connectivity index (χ3v) is 8.03. The molecule has 2 heterocycles. The Morgan fingerprint density at radius 2 is 1.66 bits per heavy atom. The summed E-state index contributed by atoms with van der Waals surface area (Å²) in [4.78, 5) is 29.7. The smallest absolute Gasteiger partial charge is 0.259 e. The first kappa shape index (κ1) is 20.5. The lowest BCUT2D eigenvalue weighted by molar-refractivity contribution is 0.0734. The highest BCUT2D eigenvalue weighted by atomic mass is 32.2. The zero-order valence-corrected chi connectivity index (χ0v) is 18.4. The molecule has 2 amide bonds. The summed E-state index contributed by atoms with van der Waals surface area (Å²) < 4.78 is 26.7. The zero-order chi connectivity index (χ0) is 22.5. The van der Waals surface area contributed by atoms with Gasteiger partial charge in [-0.2, -0.15) is 0 Å². The number of anilines is 1. The molecule has 0 fully saturated rings. The van der Waals surface area contributed by atoms with Gasteiger partial charge < -0.3 is 9.80 Å². The summed E-state index contributed by atoms with van der Waals surface area (Å²) in [5.41, 5.74) is 3.12. The lowest BCUT2D eigenvalue weighted by Gasteiger charge is -2.29. The molecule has 0 aromatic heterocycles. The molecule has 2 aliphatic rings. The van der Waals surface area contributed by atoms with Crippen molar-refractivity contribution in [3.63, 3.8) is 0 Å². The van der Waals surface area contributed by atoms with E-state index in [2.05, 4.69) is 6.07 Å². The molecule has 0 aliphatic carbocycles. The van der Waals surface area contributed by atoms with E-state index in [1.165, 1.54) is 28.7 Å². The quantitative estimate of drug-likeness (QED) is 0.602. The molecule has 0 bridgehead atoms. The van der Waals surface area contributed by atoms with Crippen molar-refractivity contribution in [1.29, 1.82) is 0 Å². The van der Waals surface area contributed by atoms with E-state index in [1.807, 2.05) is 18.2 Å². The summed E-state index contributed by atoms with van der Waals surface area (Å²) in [5.74, 6) is -0.563. The number of carbonyl (C=O) groups is 2. The van der Waals surface area contributed by atoms with E-state index in [0.29, 0.717) is 18.7 Å². The number of fused-ring (bicyclic) bond motifs is 3. The Balaban J connectivity index is 1.58. The van der Waals surface area contributed by atoms with Gasteiger partial charge in [-0.1, -0.05) is 36.4 Å². The monoisotopic (exact) mass is 446 g/mol. The molecular formula is C25H22N2O4S. The van der Waals surface area contributed by atoms with E-state index in [1.54, 1.807) is 36.1 Å². The van der Waals surface area contributed by atoms with Crippen LogP contribution in [0.2, 0.25) is 0 Å². The first-order valence-electron chi connectivity index (χ1n) is 10.6. The van der Waals surface area contributed by atoms with Gasteiger partial charge in [0.05, 0.1) is 21.0 Å². The number of hydrogen-bond donors (Lipinski definition) is 0. The summed E-state index contributed by atoms with van der Waals surface area (Å²) >= 11 is 0. The van der Waals surface area contributed by atoms with E-state index < -0.39 is 9.84 Å². The molecule has 0 saturated carbocycles. The van der Waals surface area contributed by atoms with Crippen molar-refractivity contribution >= 4 is 27.3 Å². The van der Waals surface area contributed by atoms with Crippen molar-refractivity contribution in [2.45, 2.75) is 29.7 Å². The SMILES string of the molecule is CCN1C(=O)c2ccccc2S(=O)(=O)c2ccc(C(=O)N3CCc4ccccc4C3)cc21. The highest BCUT2D eigenvalue weighted by Crippen LogP contribution is 2.37. The van der Waals surface area contributed by atoms with Crippen molar-refractivity contribution < 1.29 is 18.0 Å². The van der Waals surface area contributed by atoms with Gasteiger partial charge in [0.1, 0.15) is 0 Å². The second-order valence-corrected chi connectivity index (χ2v) is 9.86. The number of rotatable bonds is 2. The Morgan fingerprint density at radius 1 is 0.938 bits per heavy atom. The van der Waals surface area contributed by atoms with Crippen LogP contribution in [0.5, 0.6) is 0 Å². The Morgan fingerprint density at radius 3 is 2.44 bits per heavy atom. The van der Waals surface area contributed by atoms with Crippen LogP contribution in [0.3, 0.4) is 0 Å². The van der Waals surface area contributed by atoms with Gasteiger partial charge >= 0.3 is 0 Å². The summed E-state index contributed by atoms with van der Waals surface area (Å²) in [7, 11) is -3.91. The van der Waals surface area contributed by atoms with Gasteiger partial charge in [-0.15, -0.1) is 0 Å². The van der Waals surface area contributed by atoms with Gasteiger partial charge in [0, 0.05) is 25.2 Å².